The first kappa shape index (κ1) is 18.8. The molecular formula is C19H19F2N3O3. The molecular weight excluding hydrogens is 356 g/mol. The van der Waals surface area contributed by atoms with Crippen LogP contribution < -0.4 is 10.6 Å². The van der Waals surface area contributed by atoms with Crippen LogP contribution in [0.25, 0.3) is 0 Å². The van der Waals surface area contributed by atoms with Gasteiger partial charge in [-0.2, -0.15) is 0 Å². The Bertz CT molecular complexity index is 880. The monoisotopic (exact) mass is 375 g/mol. The smallest absolute Gasteiger partial charge is 0.338 e. The lowest BCUT2D eigenvalue weighted by molar-refractivity contribution is 0.0691. The Kier molecular flexibility index (Phi) is 5.36. The molecule has 1 heterocycles. The summed E-state index contributed by atoms with van der Waals surface area (Å²) in [5.41, 5.74) is 6.01. The number of carboxylic acid groups (broad SMARTS) is 1. The van der Waals surface area contributed by atoms with Gasteiger partial charge in [-0.3, -0.25) is 9.69 Å². The highest BCUT2D eigenvalue weighted by Gasteiger charge is 2.20. The van der Waals surface area contributed by atoms with Gasteiger partial charge < -0.3 is 15.7 Å². The predicted octanol–water partition coefficient (Wildman–Crippen LogP) is 2.08. The van der Waals surface area contributed by atoms with Crippen LogP contribution in [0.2, 0.25) is 0 Å². The number of carboxylic acids is 1. The number of nitrogens with two attached hydrogens (primary N) is 1. The predicted molar refractivity (Wildman–Crippen MR) is 95.8 cm³/mol. The van der Waals surface area contributed by atoms with Crippen molar-refractivity contribution in [2.75, 3.05) is 31.1 Å². The number of anilines is 1. The van der Waals surface area contributed by atoms with Gasteiger partial charge in [0, 0.05) is 38.4 Å². The second kappa shape index (κ2) is 7.71. The van der Waals surface area contributed by atoms with E-state index in [9.17, 15) is 18.4 Å². The second-order valence-corrected chi connectivity index (χ2v) is 6.41. The molecule has 1 amide bonds. The van der Waals surface area contributed by atoms with Crippen molar-refractivity contribution in [1.29, 1.82) is 0 Å². The van der Waals surface area contributed by atoms with Crippen LogP contribution in [0.5, 0.6) is 0 Å². The van der Waals surface area contributed by atoms with Crippen molar-refractivity contribution in [2.24, 2.45) is 5.73 Å². The minimum atomic E-state index is -1.29. The van der Waals surface area contributed by atoms with E-state index in [0.29, 0.717) is 44.0 Å². The van der Waals surface area contributed by atoms with Crippen molar-refractivity contribution in [2.45, 2.75) is 6.54 Å². The van der Waals surface area contributed by atoms with Crippen LogP contribution >= 0.6 is 0 Å². The summed E-state index contributed by atoms with van der Waals surface area (Å²) < 4.78 is 27.7. The average Bonchev–Trinajstić information content (AvgIpc) is 2.61. The Hall–Kier alpha value is -3.00. The SMILES string of the molecule is NC(=O)c1ccc(N2CCN(Cc3ccc(C(=O)O)c(F)c3)CC2)cc1F. The van der Waals surface area contributed by atoms with E-state index < -0.39 is 23.5 Å². The van der Waals surface area contributed by atoms with Gasteiger partial charge in [-0.25, -0.2) is 13.6 Å². The maximum absolute atomic E-state index is 13.9. The van der Waals surface area contributed by atoms with Gasteiger partial charge in [-0.15, -0.1) is 0 Å². The number of carbonyl (C=O) groups excluding carboxylic acids is 1. The molecule has 1 fully saturated rings. The summed E-state index contributed by atoms with van der Waals surface area (Å²) in [5.74, 6) is -3.48. The highest BCUT2D eigenvalue weighted by atomic mass is 19.1. The number of nitrogens with zero attached hydrogens (tertiary/aromatic N) is 2. The molecule has 142 valence electrons. The molecule has 2 aromatic rings. The summed E-state index contributed by atoms with van der Waals surface area (Å²) in [6.07, 6.45) is 0. The van der Waals surface area contributed by atoms with Gasteiger partial charge in [-0.1, -0.05) is 6.07 Å². The molecule has 2 aromatic carbocycles. The van der Waals surface area contributed by atoms with Crippen LogP contribution in [0, 0.1) is 11.6 Å². The average molecular weight is 375 g/mol. The van der Waals surface area contributed by atoms with E-state index >= 15 is 0 Å². The maximum atomic E-state index is 13.9. The first-order valence-corrected chi connectivity index (χ1v) is 8.43. The molecule has 0 radical (unpaired) electrons. The van der Waals surface area contributed by atoms with Crippen LogP contribution in [-0.4, -0.2) is 48.1 Å². The van der Waals surface area contributed by atoms with Crippen LogP contribution in [0.3, 0.4) is 0 Å². The first-order valence-electron chi connectivity index (χ1n) is 8.43. The van der Waals surface area contributed by atoms with Gasteiger partial charge in [-0.05, 0) is 35.9 Å². The summed E-state index contributed by atoms with van der Waals surface area (Å²) in [4.78, 5) is 26.1. The normalized spacial score (nSPS) is 15.0. The van der Waals surface area contributed by atoms with Crippen LogP contribution in [-0.2, 0) is 6.54 Å². The second-order valence-electron chi connectivity index (χ2n) is 6.41. The third kappa shape index (κ3) is 4.22. The Morgan fingerprint density at radius 1 is 0.963 bits per heavy atom. The number of rotatable bonds is 5. The number of hydrogen-bond acceptors (Lipinski definition) is 4. The molecule has 0 saturated carbocycles. The molecule has 0 spiro atoms. The maximum Gasteiger partial charge on any atom is 0.338 e. The fraction of sp³-hybridized carbons (Fsp3) is 0.263. The number of carbonyl (C=O) groups is 2. The highest BCUT2D eigenvalue weighted by molar-refractivity contribution is 5.93. The molecule has 3 rings (SSSR count). The van der Waals surface area contributed by atoms with E-state index in [-0.39, 0.29) is 11.1 Å². The number of hydrogen-bond donors (Lipinski definition) is 2. The van der Waals surface area contributed by atoms with Crippen LogP contribution in [0.15, 0.2) is 36.4 Å². The van der Waals surface area contributed by atoms with E-state index in [4.69, 9.17) is 10.8 Å². The van der Waals surface area contributed by atoms with Crippen molar-refractivity contribution in [3.8, 4) is 0 Å². The number of halogens is 2. The lowest BCUT2D eigenvalue weighted by atomic mass is 10.1. The summed E-state index contributed by atoms with van der Waals surface area (Å²) in [7, 11) is 0. The largest absolute Gasteiger partial charge is 0.478 e. The van der Waals surface area contributed by atoms with E-state index in [2.05, 4.69) is 4.90 Å². The van der Waals surface area contributed by atoms with Crippen LogP contribution in [0.4, 0.5) is 14.5 Å². The summed E-state index contributed by atoms with van der Waals surface area (Å²) in [6, 6.07) is 8.47. The fourth-order valence-corrected chi connectivity index (χ4v) is 3.15. The van der Waals surface area contributed by atoms with E-state index in [1.165, 1.54) is 24.3 Å². The molecule has 1 aliphatic rings. The zero-order chi connectivity index (χ0) is 19.6. The van der Waals surface area contributed by atoms with Gasteiger partial charge in [0.2, 0.25) is 0 Å². The molecule has 8 heteroatoms. The third-order valence-electron chi connectivity index (χ3n) is 4.63. The molecule has 6 nitrogen and oxygen atoms in total. The molecule has 0 unspecified atom stereocenters. The molecule has 1 aliphatic heterocycles. The number of primary amides is 1. The zero-order valence-electron chi connectivity index (χ0n) is 14.5. The quantitative estimate of drug-likeness (QED) is 0.836. The van der Waals surface area contributed by atoms with Crippen LogP contribution in [0.1, 0.15) is 26.3 Å². The summed E-state index contributed by atoms with van der Waals surface area (Å²) in [6.45, 7) is 3.15. The fourth-order valence-electron chi connectivity index (χ4n) is 3.15. The molecule has 1 saturated heterocycles. The molecule has 0 bridgehead atoms. The van der Waals surface area contributed by atoms with Gasteiger partial charge in [0.05, 0.1) is 11.1 Å². The van der Waals surface area contributed by atoms with Gasteiger partial charge in [0.1, 0.15) is 11.6 Å². The topological polar surface area (TPSA) is 86.9 Å². The molecule has 0 aliphatic carbocycles. The van der Waals surface area contributed by atoms with Crippen molar-refractivity contribution in [3.05, 3.63) is 64.7 Å². The van der Waals surface area contributed by atoms with Crippen molar-refractivity contribution < 1.29 is 23.5 Å². The molecule has 27 heavy (non-hydrogen) atoms. The molecule has 0 atom stereocenters. The molecule has 0 aromatic heterocycles. The minimum absolute atomic E-state index is 0.135. The standard InChI is InChI=1S/C19H19F2N3O3/c20-16-9-12(1-3-15(16)19(26)27)11-23-5-7-24(8-6-23)13-2-4-14(18(22)25)17(21)10-13/h1-4,9-10H,5-8,11H2,(H2,22,25)(H,26,27). The van der Waals surface area contributed by atoms with E-state index in [1.54, 1.807) is 12.1 Å². The van der Waals surface area contributed by atoms with E-state index in [0.717, 1.165) is 0 Å². The van der Waals surface area contributed by atoms with E-state index in [1.807, 2.05) is 4.90 Å². The number of piperazine rings is 1. The molecule has 3 N–H and O–H groups in total. The number of aromatic carboxylic acids is 1. The van der Waals surface area contributed by atoms with Crippen molar-refractivity contribution in [1.82, 2.24) is 4.90 Å². The Balaban J connectivity index is 1.61. The number of benzene rings is 2. The first-order chi connectivity index (χ1) is 12.8. The van der Waals surface area contributed by atoms with Crippen molar-refractivity contribution in [3.63, 3.8) is 0 Å². The van der Waals surface area contributed by atoms with Crippen molar-refractivity contribution >= 4 is 17.6 Å². The third-order valence-corrected chi connectivity index (χ3v) is 4.63. The zero-order valence-corrected chi connectivity index (χ0v) is 14.5. The Morgan fingerprint density at radius 3 is 2.15 bits per heavy atom. The summed E-state index contributed by atoms with van der Waals surface area (Å²) >= 11 is 0. The highest BCUT2D eigenvalue weighted by Crippen LogP contribution is 2.21. The van der Waals surface area contributed by atoms with Gasteiger partial charge in [0.15, 0.2) is 0 Å². The number of amides is 1. The van der Waals surface area contributed by atoms with Gasteiger partial charge in [0.25, 0.3) is 5.91 Å². The Morgan fingerprint density at radius 2 is 1.59 bits per heavy atom. The Labute approximate surface area is 154 Å². The summed E-state index contributed by atoms with van der Waals surface area (Å²) in [5, 5.41) is 8.87. The minimum Gasteiger partial charge on any atom is -0.478 e. The lowest BCUT2D eigenvalue weighted by Gasteiger charge is -2.36. The van der Waals surface area contributed by atoms with Gasteiger partial charge >= 0.3 is 5.97 Å². The lowest BCUT2D eigenvalue weighted by Crippen LogP contribution is -2.46.